The van der Waals surface area contributed by atoms with Crippen LogP contribution in [0.15, 0.2) is 4.90 Å². The van der Waals surface area contributed by atoms with E-state index in [9.17, 15) is 13.5 Å². The summed E-state index contributed by atoms with van der Waals surface area (Å²) in [5.74, 6) is 0.342. The van der Waals surface area contributed by atoms with Crippen LogP contribution in [0, 0.1) is 12.8 Å². The van der Waals surface area contributed by atoms with Gasteiger partial charge in [0.2, 0.25) is 10.0 Å². The zero-order valence-electron chi connectivity index (χ0n) is 12.7. The van der Waals surface area contributed by atoms with Crippen molar-refractivity contribution in [2.75, 3.05) is 13.1 Å². The van der Waals surface area contributed by atoms with Gasteiger partial charge in [-0.2, -0.15) is 9.40 Å². The summed E-state index contributed by atoms with van der Waals surface area (Å²) in [5.41, 5.74) is 0.655. The topological polar surface area (TPSA) is 86.3 Å². The van der Waals surface area contributed by atoms with Gasteiger partial charge in [0, 0.05) is 13.1 Å². The van der Waals surface area contributed by atoms with Crippen molar-refractivity contribution in [2.45, 2.75) is 52.0 Å². The Morgan fingerprint density at radius 1 is 1.30 bits per heavy atom. The lowest BCUT2D eigenvalue weighted by Gasteiger charge is -2.25. The Balaban J connectivity index is 3.15. The van der Waals surface area contributed by atoms with Crippen LogP contribution in [0.2, 0.25) is 0 Å². The van der Waals surface area contributed by atoms with Crippen LogP contribution in [-0.2, 0) is 16.6 Å². The number of aliphatic hydroxyl groups excluding tert-OH is 1. The summed E-state index contributed by atoms with van der Waals surface area (Å²) in [6.07, 6.45) is 1.89. The fourth-order valence-corrected chi connectivity index (χ4v) is 4.13. The maximum atomic E-state index is 12.7. The molecule has 116 valence electrons. The van der Waals surface area contributed by atoms with Crippen LogP contribution in [0.25, 0.3) is 0 Å². The van der Waals surface area contributed by atoms with E-state index < -0.39 is 10.0 Å². The van der Waals surface area contributed by atoms with E-state index in [2.05, 4.69) is 24.0 Å². The average Bonchev–Trinajstić information content (AvgIpc) is 2.81. The first-order valence-corrected chi connectivity index (χ1v) is 8.51. The van der Waals surface area contributed by atoms with Gasteiger partial charge in [0.1, 0.15) is 10.6 Å². The second-order valence-electron chi connectivity index (χ2n) is 4.92. The first-order chi connectivity index (χ1) is 9.42. The molecule has 0 aliphatic heterocycles. The number of aromatic amines is 1. The molecule has 0 radical (unpaired) electrons. The number of H-pyrrole nitrogens is 1. The van der Waals surface area contributed by atoms with Crippen molar-refractivity contribution in [3.8, 4) is 0 Å². The van der Waals surface area contributed by atoms with Crippen molar-refractivity contribution >= 4 is 10.0 Å². The third kappa shape index (κ3) is 3.39. The Labute approximate surface area is 121 Å². The monoisotopic (exact) mass is 303 g/mol. The van der Waals surface area contributed by atoms with Gasteiger partial charge in [-0.25, -0.2) is 8.42 Å². The molecule has 20 heavy (non-hydrogen) atoms. The number of nitrogens with zero attached hydrogens (tertiary/aromatic N) is 2. The Morgan fingerprint density at radius 2 is 1.90 bits per heavy atom. The number of aliphatic hydroxyl groups is 1. The van der Waals surface area contributed by atoms with Gasteiger partial charge in [0.15, 0.2) is 0 Å². The molecule has 1 aromatic rings. The van der Waals surface area contributed by atoms with Gasteiger partial charge in [0.25, 0.3) is 0 Å². The number of aromatic nitrogens is 2. The van der Waals surface area contributed by atoms with Crippen molar-refractivity contribution in [3.63, 3.8) is 0 Å². The van der Waals surface area contributed by atoms with Crippen LogP contribution >= 0.6 is 0 Å². The molecule has 1 aromatic heterocycles. The lowest BCUT2D eigenvalue weighted by Crippen LogP contribution is -2.35. The molecule has 0 amide bonds. The molecule has 0 saturated carbocycles. The van der Waals surface area contributed by atoms with E-state index in [1.54, 1.807) is 6.92 Å². The minimum absolute atomic E-state index is 0.118. The van der Waals surface area contributed by atoms with Crippen molar-refractivity contribution < 1.29 is 13.5 Å². The molecule has 0 saturated heterocycles. The van der Waals surface area contributed by atoms with Gasteiger partial charge in [-0.1, -0.05) is 33.6 Å². The molecule has 7 heteroatoms. The maximum Gasteiger partial charge on any atom is 0.246 e. The van der Waals surface area contributed by atoms with Gasteiger partial charge in [0.05, 0.1) is 12.3 Å². The summed E-state index contributed by atoms with van der Waals surface area (Å²) >= 11 is 0. The second-order valence-corrected chi connectivity index (χ2v) is 6.80. The summed E-state index contributed by atoms with van der Waals surface area (Å²) in [4.78, 5) is 0.118. The second kappa shape index (κ2) is 7.19. The van der Waals surface area contributed by atoms with Crippen molar-refractivity contribution in [1.82, 2.24) is 14.5 Å². The quantitative estimate of drug-likeness (QED) is 0.764. The number of hydrogen-bond acceptors (Lipinski definition) is 4. The predicted molar refractivity (Wildman–Crippen MR) is 77.8 cm³/mol. The number of sulfonamides is 1. The molecule has 1 heterocycles. The molecule has 2 N–H and O–H groups in total. The van der Waals surface area contributed by atoms with Crippen LogP contribution in [0.1, 0.15) is 45.0 Å². The minimum atomic E-state index is -3.62. The maximum absolute atomic E-state index is 12.7. The molecule has 0 aliphatic rings. The first kappa shape index (κ1) is 17.1. The molecule has 0 atom stereocenters. The van der Waals surface area contributed by atoms with Crippen molar-refractivity contribution in [1.29, 1.82) is 0 Å². The predicted octanol–water partition coefficient (Wildman–Crippen LogP) is 1.66. The van der Waals surface area contributed by atoms with E-state index in [4.69, 9.17) is 0 Å². The van der Waals surface area contributed by atoms with Crippen molar-refractivity contribution in [2.24, 2.45) is 5.92 Å². The van der Waals surface area contributed by atoms with Gasteiger partial charge >= 0.3 is 0 Å². The number of hydrogen-bond donors (Lipinski definition) is 2. The average molecular weight is 303 g/mol. The van der Waals surface area contributed by atoms with Crippen LogP contribution < -0.4 is 0 Å². The Morgan fingerprint density at radius 3 is 2.35 bits per heavy atom. The molecule has 6 nitrogen and oxygen atoms in total. The zero-order chi connectivity index (χ0) is 15.3. The van der Waals surface area contributed by atoms with Crippen molar-refractivity contribution in [3.05, 3.63) is 11.4 Å². The minimum Gasteiger partial charge on any atom is -0.390 e. The summed E-state index contributed by atoms with van der Waals surface area (Å²) in [6, 6.07) is 0. The fraction of sp³-hybridized carbons (Fsp3) is 0.769. The van der Waals surface area contributed by atoms with Gasteiger partial charge in [-0.05, 0) is 12.8 Å². The molecule has 0 unspecified atom stereocenters. The third-order valence-electron chi connectivity index (χ3n) is 3.68. The van der Waals surface area contributed by atoms with E-state index in [-0.39, 0.29) is 17.2 Å². The summed E-state index contributed by atoms with van der Waals surface area (Å²) in [5, 5.41) is 15.8. The van der Waals surface area contributed by atoms with Gasteiger partial charge in [-0.15, -0.1) is 0 Å². The zero-order valence-corrected chi connectivity index (χ0v) is 13.5. The highest BCUT2D eigenvalue weighted by molar-refractivity contribution is 7.89. The molecule has 0 spiro atoms. The Kier molecular flexibility index (Phi) is 6.16. The SMILES string of the molecule is CCC(CC)CN(CC)S(=O)(=O)c1c(CO)n[nH]c1C. The van der Waals surface area contributed by atoms with Crippen LogP contribution in [0.5, 0.6) is 0 Å². The summed E-state index contributed by atoms with van der Waals surface area (Å²) in [6.45, 7) is 8.14. The molecule has 1 rings (SSSR count). The molecule has 0 fully saturated rings. The highest BCUT2D eigenvalue weighted by Gasteiger charge is 2.30. The molecular weight excluding hydrogens is 278 g/mol. The number of nitrogens with one attached hydrogen (secondary N) is 1. The normalized spacial score (nSPS) is 12.6. The van der Waals surface area contributed by atoms with Crippen LogP contribution in [0.3, 0.4) is 0 Å². The molecular formula is C13H25N3O3S. The van der Waals surface area contributed by atoms with E-state index in [1.807, 2.05) is 6.92 Å². The Bertz CT molecular complexity index is 521. The number of rotatable bonds is 8. The first-order valence-electron chi connectivity index (χ1n) is 7.07. The standard InChI is InChI=1S/C13H25N3O3S/c1-5-11(6-2)8-16(7-3)20(18,19)13-10(4)14-15-12(13)9-17/h11,17H,5-9H2,1-4H3,(H,14,15). The molecule has 0 aliphatic carbocycles. The molecule has 0 bridgehead atoms. The highest BCUT2D eigenvalue weighted by atomic mass is 32.2. The summed E-state index contributed by atoms with van der Waals surface area (Å²) in [7, 11) is -3.62. The van der Waals surface area contributed by atoms with Gasteiger partial charge in [-0.3, -0.25) is 5.10 Å². The lowest BCUT2D eigenvalue weighted by atomic mass is 10.0. The highest BCUT2D eigenvalue weighted by Crippen LogP contribution is 2.24. The van der Waals surface area contributed by atoms with E-state index in [0.717, 1.165) is 12.8 Å². The lowest BCUT2D eigenvalue weighted by molar-refractivity contribution is 0.272. The van der Waals surface area contributed by atoms with Crippen LogP contribution in [0.4, 0.5) is 0 Å². The van der Waals surface area contributed by atoms with Crippen LogP contribution in [-0.4, -0.2) is 41.1 Å². The van der Waals surface area contributed by atoms with E-state index >= 15 is 0 Å². The Hall–Kier alpha value is -0.920. The largest absolute Gasteiger partial charge is 0.390 e. The third-order valence-corrected chi connectivity index (χ3v) is 5.82. The van der Waals surface area contributed by atoms with Gasteiger partial charge < -0.3 is 5.11 Å². The molecule has 0 aromatic carbocycles. The van der Waals surface area contributed by atoms with E-state index in [0.29, 0.717) is 24.7 Å². The summed E-state index contributed by atoms with van der Waals surface area (Å²) < 4.78 is 27.0. The smallest absolute Gasteiger partial charge is 0.246 e. The fourth-order valence-electron chi connectivity index (χ4n) is 2.28. The number of aryl methyl sites for hydroxylation is 1. The van der Waals surface area contributed by atoms with E-state index in [1.165, 1.54) is 4.31 Å².